The molecule has 0 radical (unpaired) electrons. The molecule has 2 N–H and O–H groups in total. The molecule has 9 nitrogen and oxygen atoms in total. The van der Waals surface area contributed by atoms with Crippen molar-refractivity contribution in [1.29, 1.82) is 21.0 Å². The summed E-state index contributed by atoms with van der Waals surface area (Å²) in [6.07, 6.45) is 23.3. The molecule has 0 fully saturated rings. The van der Waals surface area contributed by atoms with Crippen LogP contribution in [0.4, 0.5) is 11.4 Å². The first kappa shape index (κ1) is 46.9. The molecule has 0 saturated heterocycles. The Labute approximate surface area is 376 Å². The lowest BCUT2D eigenvalue weighted by Crippen LogP contribution is -2.22. The Kier molecular flexibility index (Phi) is 18.4. The fourth-order valence-electron chi connectivity index (χ4n) is 7.29. The highest BCUT2D eigenvalue weighted by atomic mass is 32.2. The number of carbonyl (C=O) groups is 2. The summed E-state index contributed by atoms with van der Waals surface area (Å²) in [5, 5.41) is 59.4. The summed E-state index contributed by atoms with van der Waals surface area (Å²) in [6, 6.07) is 25.7. The van der Waals surface area contributed by atoms with E-state index < -0.39 is 11.9 Å². The molecular weight excluding hydrogens is 831 g/mol. The van der Waals surface area contributed by atoms with Crippen molar-refractivity contribution in [1.82, 2.24) is 0 Å². The highest BCUT2D eigenvalue weighted by Crippen LogP contribution is 2.49. The number of benzene rings is 2. The Morgan fingerprint density at radius 2 is 1.03 bits per heavy atom. The largest absolute Gasteiger partial charge is 0.478 e. The monoisotopic (exact) mass is 879 g/mol. The molecule has 4 aromatic rings. The van der Waals surface area contributed by atoms with Gasteiger partial charge < -0.3 is 15.1 Å². The highest BCUT2D eigenvalue weighted by Gasteiger charge is 2.24. The lowest BCUT2D eigenvalue weighted by molar-refractivity contribution is -0.132. The van der Waals surface area contributed by atoms with Crippen molar-refractivity contribution in [2.75, 3.05) is 11.4 Å². The van der Waals surface area contributed by atoms with Crippen molar-refractivity contribution in [2.24, 2.45) is 0 Å². The Hall–Kier alpha value is -6.15. The van der Waals surface area contributed by atoms with Crippen LogP contribution in [-0.4, -0.2) is 28.7 Å². The minimum atomic E-state index is -1.22. The number of unbranched alkanes of at least 4 members (excludes halogenated alkanes) is 13. The Balaban J connectivity index is 1.35. The van der Waals surface area contributed by atoms with E-state index in [4.69, 9.17) is 0 Å². The molecule has 0 amide bonds. The van der Waals surface area contributed by atoms with Gasteiger partial charge in [-0.15, -0.1) is 22.7 Å². The SMILES string of the molecule is CCCCCCCCCCCCCCCCN1c2ccc(/C=C(/C#N)c3cc(/C(C#N)=C\C(=O)O)cs3)cc2Sc2cc(/C=C(/C#N)c3ccc(/C(C#N)=C\C(=O)O)s3)ccc21. The predicted octanol–water partition coefficient (Wildman–Crippen LogP) is 14.0. The van der Waals surface area contributed by atoms with Gasteiger partial charge in [0.25, 0.3) is 0 Å². The number of hydrogen-bond donors (Lipinski definition) is 2. The smallest absolute Gasteiger partial charge is 0.329 e. The normalized spacial score (nSPS) is 12.8. The quantitative estimate of drug-likeness (QED) is 0.0415. The number of hydrogen-bond acceptors (Lipinski definition) is 10. The number of carboxylic acid groups (broad SMARTS) is 2. The van der Waals surface area contributed by atoms with Crippen molar-refractivity contribution in [2.45, 2.75) is 107 Å². The molecule has 0 bridgehead atoms. The van der Waals surface area contributed by atoms with Crippen LogP contribution < -0.4 is 4.90 Å². The number of nitrogens with zero attached hydrogens (tertiary/aromatic N) is 5. The van der Waals surface area contributed by atoms with Gasteiger partial charge in [0.2, 0.25) is 0 Å². The van der Waals surface area contributed by atoms with Gasteiger partial charge in [-0.1, -0.05) is 114 Å². The molecule has 3 heterocycles. The third-order valence-corrected chi connectivity index (χ3v) is 13.7. The lowest BCUT2D eigenvalue weighted by Gasteiger charge is -2.33. The number of allylic oxidation sites excluding steroid dienone is 4. The van der Waals surface area contributed by atoms with Crippen LogP contribution in [0.2, 0.25) is 0 Å². The van der Waals surface area contributed by atoms with E-state index in [-0.39, 0.29) is 11.1 Å². The van der Waals surface area contributed by atoms with Crippen LogP contribution >= 0.6 is 34.4 Å². The highest BCUT2D eigenvalue weighted by molar-refractivity contribution is 7.99. The Morgan fingerprint density at radius 3 is 1.52 bits per heavy atom. The number of nitriles is 4. The summed E-state index contributed by atoms with van der Waals surface area (Å²) in [4.78, 5) is 28.6. The van der Waals surface area contributed by atoms with E-state index in [1.807, 2.05) is 24.3 Å². The fourth-order valence-corrected chi connectivity index (χ4v) is 10.3. The maximum Gasteiger partial charge on any atom is 0.329 e. The second-order valence-electron chi connectivity index (χ2n) is 15.0. The molecule has 2 aromatic carbocycles. The zero-order chi connectivity index (χ0) is 44.3. The molecule has 0 spiro atoms. The molecule has 0 aliphatic carbocycles. The van der Waals surface area contributed by atoms with Crippen molar-refractivity contribution < 1.29 is 19.8 Å². The molecule has 1 aliphatic heterocycles. The van der Waals surface area contributed by atoms with E-state index in [1.165, 1.54) is 99.7 Å². The molecular formula is C50H49N5O4S3. The van der Waals surface area contributed by atoms with Crippen LogP contribution in [0, 0.1) is 45.3 Å². The molecule has 1 aliphatic rings. The first-order valence-electron chi connectivity index (χ1n) is 21.0. The van der Waals surface area contributed by atoms with E-state index in [9.17, 15) is 40.8 Å². The molecule has 12 heteroatoms. The number of rotatable bonds is 23. The molecule has 5 rings (SSSR count). The van der Waals surface area contributed by atoms with Gasteiger partial charge in [-0.3, -0.25) is 0 Å². The number of thiophene rings is 2. The van der Waals surface area contributed by atoms with Gasteiger partial charge >= 0.3 is 11.9 Å². The zero-order valence-corrected chi connectivity index (χ0v) is 37.3. The standard InChI is InChI=1S/C50H49N5O4S3/c1-2-3-4-5-6-7-8-9-10-11-12-13-14-15-22-55-42-18-16-35(23-38(31-52)44-20-21-45(61-44)40(33-54)29-50(58)59)25-47(42)62-48-26-36(17-19-43(48)55)24-39(32-53)46-27-41(34-60-46)37(30-51)28-49(56)57/h16-21,23-29,34H,2-15,22H2,1H3,(H,56,57)(H,58,59)/b37-28-,38-23-,39-24-,40-29-. The summed E-state index contributed by atoms with van der Waals surface area (Å²) >= 11 is 4.07. The molecule has 316 valence electrons. The first-order valence-corrected chi connectivity index (χ1v) is 23.6. The van der Waals surface area contributed by atoms with Crippen LogP contribution in [0.15, 0.2) is 81.9 Å². The van der Waals surface area contributed by atoms with Gasteiger partial charge in [0, 0.05) is 48.7 Å². The van der Waals surface area contributed by atoms with Gasteiger partial charge in [-0.25, -0.2) is 9.59 Å². The summed E-state index contributed by atoms with van der Waals surface area (Å²) in [5.74, 6) is -2.43. The molecule has 2 aromatic heterocycles. The van der Waals surface area contributed by atoms with E-state index in [0.717, 1.165) is 63.8 Å². The Morgan fingerprint density at radius 1 is 0.581 bits per heavy atom. The van der Waals surface area contributed by atoms with Crippen LogP contribution in [0.25, 0.3) is 34.4 Å². The Bertz CT molecular complexity index is 2370. The van der Waals surface area contributed by atoms with Crippen LogP contribution in [0.3, 0.4) is 0 Å². The van der Waals surface area contributed by atoms with Crippen LogP contribution in [0.5, 0.6) is 0 Å². The van der Waals surface area contributed by atoms with E-state index in [0.29, 0.717) is 31.3 Å². The van der Waals surface area contributed by atoms with Crippen molar-refractivity contribution >= 4 is 92.2 Å². The summed E-state index contributed by atoms with van der Waals surface area (Å²) < 4.78 is 0. The zero-order valence-electron chi connectivity index (χ0n) is 34.9. The predicted molar refractivity (Wildman–Crippen MR) is 252 cm³/mol. The maximum atomic E-state index is 11.2. The minimum absolute atomic E-state index is 0.0114. The number of fused-ring (bicyclic) bond motifs is 2. The second kappa shape index (κ2) is 24.3. The van der Waals surface area contributed by atoms with Crippen LogP contribution in [0.1, 0.15) is 128 Å². The number of anilines is 2. The van der Waals surface area contributed by atoms with Gasteiger partial charge in [-0.2, -0.15) is 21.0 Å². The lowest BCUT2D eigenvalue weighted by atomic mass is 10.0. The van der Waals surface area contributed by atoms with Gasteiger partial charge in [0.15, 0.2) is 0 Å². The van der Waals surface area contributed by atoms with E-state index in [2.05, 4.69) is 48.2 Å². The number of carboxylic acids is 2. The van der Waals surface area contributed by atoms with Crippen LogP contribution in [-0.2, 0) is 9.59 Å². The second-order valence-corrected chi connectivity index (χ2v) is 18.1. The minimum Gasteiger partial charge on any atom is -0.478 e. The maximum absolute atomic E-state index is 11.2. The molecule has 0 saturated carbocycles. The fraction of sp³-hybridized carbons (Fsp3) is 0.320. The first-order chi connectivity index (χ1) is 30.2. The average molecular weight is 880 g/mol. The molecule has 62 heavy (non-hydrogen) atoms. The van der Waals surface area contributed by atoms with Gasteiger partial charge in [-0.05, 0) is 77.5 Å². The van der Waals surface area contributed by atoms with Crippen molar-refractivity contribution in [3.63, 3.8) is 0 Å². The summed E-state index contributed by atoms with van der Waals surface area (Å²) in [5.41, 5.74) is 5.02. The molecule has 0 atom stereocenters. The van der Waals surface area contributed by atoms with Crippen molar-refractivity contribution in [3.8, 4) is 24.3 Å². The van der Waals surface area contributed by atoms with Gasteiger partial charge in [0.1, 0.15) is 24.3 Å². The molecule has 0 unspecified atom stereocenters. The number of aliphatic carboxylic acids is 2. The van der Waals surface area contributed by atoms with E-state index in [1.54, 1.807) is 47.5 Å². The topological polar surface area (TPSA) is 173 Å². The van der Waals surface area contributed by atoms with E-state index >= 15 is 0 Å². The van der Waals surface area contributed by atoms with Crippen molar-refractivity contribution in [3.05, 3.63) is 103 Å². The third kappa shape index (κ3) is 13.4. The summed E-state index contributed by atoms with van der Waals surface area (Å²) in [7, 11) is 0. The summed E-state index contributed by atoms with van der Waals surface area (Å²) in [6.45, 7) is 3.08. The third-order valence-electron chi connectivity index (χ3n) is 10.5. The van der Waals surface area contributed by atoms with Gasteiger partial charge in [0.05, 0.1) is 33.7 Å². The average Bonchev–Trinajstić information content (AvgIpc) is 3.96.